The van der Waals surface area contributed by atoms with E-state index in [1.54, 1.807) is 0 Å². The van der Waals surface area contributed by atoms with Gasteiger partial charge in [0.05, 0.1) is 17.2 Å². The molecule has 6 rings (SSSR count). The number of hydrogen-bond acceptors (Lipinski definition) is 3. The Hall–Kier alpha value is -3.02. The van der Waals surface area contributed by atoms with E-state index in [1.165, 1.54) is 12.1 Å². The van der Waals surface area contributed by atoms with E-state index < -0.39 is 23.6 Å². The Kier molecular flexibility index (Phi) is 5.96. The molecule has 0 bridgehead atoms. The van der Waals surface area contributed by atoms with Gasteiger partial charge in [-0.1, -0.05) is 61.7 Å². The first kappa shape index (κ1) is 24.3. The Morgan fingerprint density at radius 1 is 0.865 bits per heavy atom. The van der Waals surface area contributed by atoms with Crippen LogP contribution in [0.3, 0.4) is 0 Å². The lowest BCUT2D eigenvalue weighted by molar-refractivity contribution is -0.137. The van der Waals surface area contributed by atoms with E-state index in [1.807, 2.05) is 30.3 Å². The lowest BCUT2D eigenvalue weighted by Crippen LogP contribution is -2.48. The smallest absolute Gasteiger partial charge is 0.299 e. The minimum absolute atomic E-state index is 0.0172. The molecule has 37 heavy (non-hydrogen) atoms. The number of fused-ring (bicyclic) bond motifs is 1. The molecule has 0 saturated heterocycles. The summed E-state index contributed by atoms with van der Waals surface area (Å²) in [5, 5.41) is 0. The largest absolute Gasteiger partial charge is 0.416 e. The number of aliphatic imine (C=N–C) groups is 1. The average molecular weight is 506 g/mol. The highest BCUT2D eigenvalue weighted by atomic mass is 19.4. The number of benzene rings is 2. The molecule has 1 heterocycles. The van der Waals surface area contributed by atoms with Gasteiger partial charge < -0.3 is 0 Å². The highest BCUT2D eigenvalue weighted by Gasteiger charge is 2.52. The summed E-state index contributed by atoms with van der Waals surface area (Å²) in [6.07, 6.45) is 4.04. The van der Waals surface area contributed by atoms with E-state index in [0.29, 0.717) is 12.0 Å². The van der Waals surface area contributed by atoms with E-state index in [4.69, 9.17) is 4.99 Å². The zero-order valence-electron chi connectivity index (χ0n) is 20.7. The number of allylic oxidation sites excluding steroid dienone is 2. The lowest BCUT2D eigenvalue weighted by atomic mass is 9.55. The fourth-order valence-corrected chi connectivity index (χ4v) is 7.03. The van der Waals surface area contributed by atoms with E-state index in [2.05, 4.69) is 0 Å². The van der Waals surface area contributed by atoms with Crippen LogP contribution in [0.15, 0.2) is 70.9 Å². The summed E-state index contributed by atoms with van der Waals surface area (Å²) < 4.78 is 39.6. The van der Waals surface area contributed by atoms with Gasteiger partial charge in [-0.3, -0.25) is 14.6 Å². The summed E-state index contributed by atoms with van der Waals surface area (Å²) in [7, 11) is 0. The molecule has 2 aromatic rings. The highest BCUT2D eigenvalue weighted by molar-refractivity contribution is 6.16. The average Bonchev–Trinajstić information content (AvgIpc) is 3.41. The SMILES string of the molecule is O=C(C1=C(C2CCCC2)N=C2CC3(CCC3)CC(=O)C2C1c1ccccc1)c1ccc(C(F)(F)F)cc1. The maximum atomic E-state index is 14.2. The van der Waals surface area contributed by atoms with Crippen molar-refractivity contribution in [3.8, 4) is 0 Å². The maximum absolute atomic E-state index is 14.2. The van der Waals surface area contributed by atoms with Gasteiger partial charge in [0.15, 0.2) is 5.78 Å². The van der Waals surface area contributed by atoms with Crippen molar-refractivity contribution in [2.24, 2.45) is 22.2 Å². The molecule has 1 spiro atoms. The number of alkyl halides is 3. The second kappa shape index (κ2) is 9.07. The van der Waals surface area contributed by atoms with Crippen molar-refractivity contribution >= 4 is 17.3 Å². The molecular formula is C31H30F3NO2. The summed E-state index contributed by atoms with van der Waals surface area (Å²) in [5.74, 6) is -1.01. The molecule has 192 valence electrons. The summed E-state index contributed by atoms with van der Waals surface area (Å²) in [4.78, 5) is 33.1. The zero-order valence-corrected chi connectivity index (χ0v) is 20.7. The third kappa shape index (κ3) is 4.28. The Morgan fingerprint density at radius 2 is 1.54 bits per heavy atom. The maximum Gasteiger partial charge on any atom is 0.416 e. The number of hydrogen-bond donors (Lipinski definition) is 0. The van der Waals surface area contributed by atoms with Crippen molar-refractivity contribution in [2.75, 3.05) is 0 Å². The molecule has 0 N–H and O–H groups in total. The number of nitrogens with zero attached hydrogens (tertiary/aromatic N) is 1. The van der Waals surface area contributed by atoms with Crippen LogP contribution in [0.5, 0.6) is 0 Å². The Labute approximate surface area is 214 Å². The Morgan fingerprint density at radius 3 is 2.14 bits per heavy atom. The number of ketones is 2. The van der Waals surface area contributed by atoms with Crippen molar-refractivity contribution in [1.29, 1.82) is 0 Å². The summed E-state index contributed by atoms with van der Waals surface area (Å²) >= 11 is 0. The van der Waals surface area contributed by atoms with Crippen molar-refractivity contribution in [2.45, 2.75) is 69.9 Å². The molecule has 6 heteroatoms. The fraction of sp³-hybridized carbons (Fsp3) is 0.452. The minimum Gasteiger partial charge on any atom is -0.299 e. The Balaban J connectivity index is 1.52. The molecule has 0 radical (unpaired) electrons. The normalized spacial score (nSPS) is 25.6. The van der Waals surface area contributed by atoms with Crippen LogP contribution >= 0.6 is 0 Å². The predicted octanol–water partition coefficient (Wildman–Crippen LogP) is 7.72. The Bertz CT molecular complexity index is 1280. The molecule has 3 aliphatic carbocycles. The first-order valence-corrected chi connectivity index (χ1v) is 13.4. The molecule has 4 aliphatic rings. The number of Topliss-reactive ketones (excluding diaryl/α,β-unsaturated/α-hetero) is 2. The fourth-order valence-electron chi connectivity index (χ4n) is 7.03. The van der Waals surface area contributed by atoms with Crippen LogP contribution in [0.1, 0.15) is 85.2 Å². The second-order valence-electron chi connectivity index (χ2n) is 11.3. The number of rotatable bonds is 4. The van der Waals surface area contributed by atoms with Crippen LogP contribution in [0.2, 0.25) is 0 Å². The third-order valence-electron chi connectivity index (χ3n) is 9.03. The molecule has 3 fully saturated rings. The molecule has 1 aliphatic heterocycles. The van der Waals surface area contributed by atoms with E-state index in [9.17, 15) is 22.8 Å². The van der Waals surface area contributed by atoms with Gasteiger partial charge in [0.25, 0.3) is 0 Å². The van der Waals surface area contributed by atoms with E-state index in [-0.39, 0.29) is 28.5 Å². The van der Waals surface area contributed by atoms with Crippen molar-refractivity contribution in [1.82, 2.24) is 0 Å². The van der Waals surface area contributed by atoms with Gasteiger partial charge in [-0.05, 0) is 55.2 Å². The van der Waals surface area contributed by atoms with Crippen LogP contribution in [0.4, 0.5) is 13.2 Å². The molecule has 2 aromatic carbocycles. The van der Waals surface area contributed by atoms with Gasteiger partial charge >= 0.3 is 6.18 Å². The van der Waals surface area contributed by atoms with Crippen molar-refractivity contribution in [3.63, 3.8) is 0 Å². The quantitative estimate of drug-likeness (QED) is 0.399. The van der Waals surface area contributed by atoms with Crippen LogP contribution < -0.4 is 0 Å². The van der Waals surface area contributed by atoms with E-state index >= 15 is 0 Å². The third-order valence-corrected chi connectivity index (χ3v) is 9.03. The molecule has 2 atom stereocenters. The number of carbonyl (C=O) groups is 2. The lowest BCUT2D eigenvalue weighted by Gasteiger charge is -2.49. The zero-order chi connectivity index (χ0) is 25.8. The van der Waals surface area contributed by atoms with Gasteiger partial charge in [0.1, 0.15) is 5.78 Å². The predicted molar refractivity (Wildman–Crippen MR) is 135 cm³/mol. The van der Waals surface area contributed by atoms with Crippen LogP contribution in [-0.4, -0.2) is 17.3 Å². The molecule has 0 aromatic heterocycles. The topological polar surface area (TPSA) is 46.5 Å². The molecule has 3 nitrogen and oxygen atoms in total. The monoisotopic (exact) mass is 505 g/mol. The standard InChI is InChI=1S/C31H30F3NO2/c32-31(33,34)22-13-11-21(12-14-22)29(37)27-25(19-7-2-1-3-8-19)26-23(35-28(27)20-9-4-5-10-20)17-30(15-6-16-30)18-24(26)36/h1-3,7-8,11-14,20,25-26H,4-6,9-10,15-18H2. The first-order chi connectivity index (χ1) is 17.8. The number of carbonyl (C=O) groups excluding carboxylic acids is 2. The second-order valence-corrected chi connectivity index (χ2v) is 11.3. The summed E-state index contributed by atoms with van der Waals surface area (Å²) in [6.45, 7) is 0. The minimum atomic E-state index is -4.47. The molecule has 3 saturated carbocycles. The molecular weight excluding hydrogens is 475 g/mol. The first-order valence-electron chi connectivity index (χ1n) is 13.4. The van der Waals surface area contributed by atoms with Gasteiger partial charge in [0, 0.05) is 35.1 Å². The number of halogens is 3. The molecule has 2 unspecified atom stereocenters. The molecule has 0 amide bonds. The van der Waals surface area contributed by atoms with Crippen LogP contribution in [-0.2, 0) is 11.0 Å². The summed E-state index contributed by atoms with van der Waals surface area (Å²) in [6, 6.07) is 14.1. The van der Waals surface area contributed by atoms with E-state index in [0.717, 1.165) is 80.5 Å². The summed E-state index contributed by atoms with van der Waals surface area (Å²) in [5.41, 5.74) is 2.52. The van der Waals surface area contributed by atoms with Crippen molar-refractivity contribution < 1.29 is 22.8 Å². The van der Waals surface area contributed by atoms with Crippen molar-refractivity contribution in [3.05, 3.63) is 82.6 Å². The van der Waals surface area contributed by atoms with Gasteiger partial charge in [-0.2, -0.15) is 13.2 Å². The van der Waals surface area contributed by atoms with Gasteiger partial charge in [-0.15, -0.1) is 0 Å². The van der Waals surface area contributed by atoms with Gasteiger partial charge in [-0.25, -0.2) is 0 Å². The van der Waals surface area contributed by atoms with Crippen LogP contribution in [0.25, 0.3) is 0 Å². The highest BCUT2D eigenvalue weighted by Crippen LogP contribution is 2.56. The van der Waals surface area contributed by atoms with Gasteiger partial charge in [0.2, 0.25) is 0 Å². The van der Waals surface area contributed by atoms with Crippen LogP contribution in [0, 0.1) is 17.3 Å².